The first-order valence-corrected chi connectivity index (χ1v) is 7.91. The van der Waals surface area contributed by atoms with Crippen LogP contribution in [0.1, 0.15) is 26.2 Å². The van der Waals surface area contributed by atoms with E-state index < -0.39 is 15.4 Å². The molecule has 0 aromatic carbocycles. The van der Waals surface area contributed by atoms with Crippen molar-refractivity contribution in [1.82, 2.24) is 10.6 Å². The van der Waals surface area contributed by atoms with Gasteiger partial charge in [0.05, 0.1) is 23.0 Å². The van der Waals surface area contributed by atoms with Gasteiger partial charge in [-0.1, -0.05) is 0 Å². The molecule has 2 heterocycles. The molecule has 2 saturated heterocycles. The molecule has 0 saturated carbocycles. The first kappa shape index (κ1) is 13.3. The summed E-state index contributed by atoms with van der Waals surface area (Å²) in [5.74, 6) is -0.304. The molecule has 0 aromatic rings. The van der Waals surface area contributed by atoms with Crippen LogP contribution in [0, 0.1) is 5.92 Å². The lowest BCUT2D eigenvalue weighted by atomic mass is 9.95. The van der Waals surface area contributed by atoms with E-state index >= 15 is 0 Å². The van der Waals surface area contributed by atoms with E-state index in [2.05, 4.69) is 10.6 Å². The first-order chi connectivity index (χ1) is 8.30. The summed E-state index contributed by atoms with van der Waals surface area (Å²) in [6.07, 6.45) is 1.34. The number of hydrogen-bond donors (Lipinski definition) is 2. The fourth-order valence-electron chi connectivity index (χ4n) is 2.47. The number of amides is 2. The largest absolute Gasteiger partial charge is 0.355 e. The normalized spacial score (nSPS) is 34.9. The second-order valence-electron chi connectivity index (χ2n) is 5.43. The van der Waals surface area contributed by atoms with Gasteiger partial charge in [0.2, 0.25) is 11.8 Å². The zero-order valence-corrected chi connectivity index (χ0v) is 11.2. The van der Waals surface area contributed by atoms with Crippen LogP contribution in [0.4, 0.5) is 0 Å². The molecular formula is C11H18N2O4S. The van der Waals surface area contributed by atoms with Crippen LogP contribution in [0.5, 0.6) is 0 Å². The van der Waals surface area contributed by atoms with Crippen LogP contribution in [-0.4, -0.2) is 43.8 Å². The number of hydrogen-bond acceptors (Lipinski definition) is 4. The Morgan fingerprint density at radius 2 is 2.22 bits per heavy atom. The number of sulfone groups is 1. The highest BCUT2D eigenvalue weighted by atomic mass is 32.2. The topological polar surface area (TPSA) is 92.3 Å². The third-order valence-electron chi connectivity index (χ3n) is 3.56. The molecule has 2 amide bonds. The first-order valence-electron chi connectivity index (χ1n) is 6.09. The van der Waals surface area contributed by atoms with E-state index in [1.807, 2.05) is 0 Å². The molecule has 102 valence electrons. The lowest BCUT2D eigenvalue weighted by Crippen LogP contribution is -2.52. The van der Waals surface area contributed by atoms with Gasteiger partial charge in [-0.3, -0.25) is 9.59 Å². The lowest BCUT2D eigenvalue weighted by Gasteiger charge is -2.28. The van der Waals surface area contributed by atoms with Gasteiger partial charge >= 0.3 is 0 Å². The van der Waals surface area contributed by atoms with Crippen LogP contribution in [0.3, 0.4) is 0 Å². The Labute approximate surface area is 106 Å². The molecule has 2 rings (SSSR count). The zero-order valence-electron chi connectivity index (χ0n) is 10.4. The van der Waals surface area contributed by atoms with E-state index in [4.69, 9.17) is 0 Å². The highest BCUT2D eigenvalue weighted by Crippen LogP contribution is 2.24. The van der Waals surface area contributed by atoms with E-state index in [1.54, 1.807) is 6.92 Å². The van der Waals surface area contributed by atoms with Gasteiger partial charge < -0.3 is 10.6 Å². The van der Waals surface area contributed by atoms with Crippen molar-refractivity contribution in [3.63, 3.8) is 0 Å². The van der Waals surface area contributed by atoms with Gasteiger partial charge in [-0.2, -0.15) is 0 Å². The average Bonchev–Trinajstić information content (AvgIpc) is 2.53. The number of carbonyl (C=O) groups excluding carboxylic acids is 2. The van der Waals surface area contributed by atoms with E-state index in [1.165, 1.54) is 0 Å². The van der Waals surface area contributed by atoms with Gasteiger partial charge in [0.1, 0.15) is 0 Å². The van der Waals surface area contributed by atoms with Crippen molar-refractivity contribution in [3.05, 3.63) is 0 Å². The third kappa shape index (κ3) is 3.01. The minimum Gasteiger partial charge on any atom is -0.355 e. The zero-order chi connectivity index (χ0) is 13.4. The van der Waals surface area contributed by atoms with Crippen LogP contribution >= 0.6 is 0 Å². The van der Waals surface area contributed by atoms with Crippen LogP contribution in [0.2, 0.25) is 0 Å². The second-order valence-corrected chi connectivity index (χ2v) is 7.62. The van der Waals surface area contributed by atoms with E-state index in [0.29, 0.717) is 25.8 Å². The Balaban J connectivity index is 1.94. The summed E-state index contributed by atoms with van der Waals surface area (Å²) < 4.78 is 22.9. The average molecular weight is 274 g/mol. The van der Waals surface area contributed by atoms with Crippen molar-refractivity contribution < 1.29 is 18.0 Å². The molecule has 2 N–H and O–H groups in total. The predicted octanol–water partition coefficient (Wildman–Crippen LogP) is -0.794. The molecule has 18 heavy (non-hydrogen) atoms. The third-order valence-corrected chi connectivity index (χ3v) is 5.47. The van der Waals surface area contributed by atoms with Crippen LogP contribution in [-0.2, 0) is 19.4 Å². The highest BCUT2D eigenvalue weighted by Gasteiger charge is 2.40. The standard InChI is InChI=1S/C11H18N2O4S/c1-11(4-5-18(16,17)7-11)13-10(15)8-2-3-9(14)12-6-8/h8H,2-7H2,1H3,(H,12,14)(H,13,15). The fraction of sp³-hybridized carbons (Fsp3) is 0.818. The minimum atomic E-state index is -3.02. The summed E-state index contributed by atoms with van der Waals surface area (Å²) in [5, 5.41) is 5.47. The molecule has 2 atom stereocenters. The van der Waals surface area contributed by atoms with Crippen molar-refractivity contribution in [1.29, 1.82) is 0 Å². The second kappa shape index (κ2) is 4.53. The van der Waals surface area contributed by atoms with Gasteiger partial charge in [-0.05, 0) is 19.8 Å². The molecule has 0 radical (unpaired) electrons. The van der Waals surface area contributed by atoms with E-state index in [0.717, 1.165) is 0 Å². The Kier molecular flexibility index (Phi) is 3.35. The number of nitrogens with one attached hydrogen (secondary N) is 2. The summed E-state index contributed by atoms with van der Waals surface area (Å²) >= 11 is 0. The molecule has 2 aliphatic rings. The number of carbonyl (C=O) groups is 2. The maximum atomic E-state index is 12.0. The van der Waals surface area contributed by atoms with Crippen molar-refractivity contribution in [2.45, 2.75) is 31.7 Å². The minimum absolute atomic E-state index is 0.00478. The van der Waals surface area contributed by atoms with Crippen LogP contribution < -0.4 is 10.6 Å². The number of piperidine rings is 1. The van der Waals surface area contributed by atoms with Gasteiger partial charge in [-0.15, -0.1) is 0 Å². The summed E-state index contributed by atoms with van der Waals surface area (Å²) in [6, 6.07) is 0. The van der Waals surface area contributed by atoms with Crippen LogP contribution in [0.25, 0.3) is 0 Å². The Morgan fingerprint density at radius 1 is 1.50 bits per heavy atom. The van der Waals surface area contributed by atoms with Crippen molar-refractivity contribution in [3.8, 4) is 0 Å². The molecule has 2 aliphatic heterocycles. The monoisotopic (exact) mass is 274 g/mol. The fourth-order valence-corrected chi connectivity index (χ4v) is 4.56. The van der Waals surface area contributed by atoms with Crippen molar-refractivity contribution in [2.24, 2.45) is 5.92 Å². The Morgan fingerprint density at radius 3 is 2.72 bits per heavy atom. The van der Waals surface area contributed by atoms with Gasteiger partial charge in [0.25, 0.3) is 0 Å². The summed E-state index contributed by atoms with van der Waals surface area (Å²) in [5.41, 5.74) is -0.655. The predicted molar refractivity (Wildman–Crippen MR) is 65.6 cm³/mol. The maximum Gasteiger partial charge on any atom is 0.225 e. The quantitative estimate of drug-likeness (QED) is 0.690. The summed E-state index contributed by atoms with van der Waals surface area (Å²) in [4.78, 5) is 23.0. The van der Waals surface area contributed by atoms with E-state index in [9.17, 15) is 18.0 Å². The molecule has 0 aromatic heterocycles. The lowest BCUT2D eigenvalue weighted by molar-refractivity contribution is -0.129. The molecule has 7 heteroatoms. The summed E-state index contributed by atoms with van der Waals surface area (Å²) in [6.45, 7) is 2.10. The van der Waals surface area contributed by atoms with Crippen molar-refractivity contribution in [2.75, 3.05) is 18.1 Å². The van der Waals surface area contributed by atoms with Crippen molar-refractivity contribution >= 4 is 21.7 Å². The van der Waals surface area contributed by atoms with Gasteiger partial charge in [0.15, 0.2) is 9.84 Å². The van der Waals surface area contributed by atoms with E-state index in [-0.39, 0.29) is 29.2 Å². The Bertz CT molecular complexity index is 463. The van der Waals surface area contributed by atoms with Gasteiger partial charge in [0, 0.05) is 13.0 Å². The number of rotatable bonds is 2. The maximum absolute atomic E-state index is 12.0. The van der Waals surface area contributed by atoms with Crippen LogP contribution in [0.15, 0.2) is 0 Å². The SMILES string of the molecule is CC1(NC(=O)C2CCC(=O)NC2)CCS(=O)(=O)C1. The summed E-state index contributed by atoms with van der Waals surface area (Å²) in [7, 11) is -3.02. The molecule has 0 bridgehead atoms. The molecule has 0 aliphatic carbocycles. The highest BCUT2D eigenvalue weighted by molar-refractivity contribution is 7.91. The smallest absolute Gasteiger partial charge is 0.225 e. The molecule has 6 nitrogen and oxygen atoms in total. The van der Waals surface area contributed by atoms with Gasteiger partial charge in [-0.25, -0.2) is 8.42 Å². The molecule has 0 spiro atoms. The molecular weight excluding hydrogens is 256 g/mol. The molecule has 2 unspecified atom stereocenters. The Hall–Kier alpha value is -1.11. The molecule has 2 fully saturated rings.